The minimum atomic E-state index is 0.541. The van der Waals surface area contributed by atoms with Gasteiger partial charge in [0.1, 0.15) is 0 Å². The number of benzene rings is 1. The monoisotopic (exact) mass is 445 g/mol. The molecule has 6 rings (SSSR count). The zero-order valence-corrected chi connectivity index (χ0v) is 19.0. The number of rotatable bonds is 5. The van der Waals surface area contributed by atoms with Gasteiger partial charge < -0.3 is 10.2 Å². The van der Waals surface area contributed by atoms with Crippen LogP contribution in [0.25, 0.3) is 32.6 Å². The number of piperidine rings is 2. The van der Waals surface area contributed by atoms with E-state index in [1.807, 2.05) is 17.9 Å². The molecular weight excluding hydrogens is 418 g/mol. The van der Waals surface area contributed by atoms with Crippen LogP contribution in [0.5, 0.6) is 0 Å². The topological polar surface area (TPSA) is 82.6 Å². The van der Waals surface area contributed by atoms with Gasteiger partial charge >= 0.3 is 0 Å². The van der Waals surface area contributed by atoms with Crippen LogP contribution in [0.3, 0.4) is 0 Å². The summed E-state index contributed by atoms with van der Waals surface area (Å²) in [5.41, 5.74) is 6.97. The molecule has 164 valence electrons. The SMILES string of the molecule is CCN(c1ccc(-c2ccc(-c3cn[nH]c3)c3ncsc23)nn1)C1CC2CCCC(C1)N2. The van der Waals surface area contributed by atoms with Gasteiger partial charge in [-0.25, -0.2) is 4.98 Å². The standard InChI is InChI=1S/C24H27N7S/c1-2-31(18-10-16-4-3-5-17(11-18)28-16)22-9-8-21(29-30-22)20-7-6-19(15-12-26-27-13-15)23-24(20)32-14-25-23/h6-9,12-14,16-18,28H,2-5,10-11H2,1H3,(H,26,27). The maximum absolute atomic E-state index is 4.68. The summed E-state index contributed by atoms with van der Waals surface area (Å²) >= 11 is 1.64. The summed E-state index contributed by atoms with van der Waals surface area (Å²) in [5, 5.41) is 20.1. The van der Waals surface area contributed by atoms with Gasteiger partial charge in [0.15, 0.2) is 5.82 Å². The average molecular weight is 446 g/mol. The number of hydrogen-bond acceptors (Lipinski definition) is 7. The van der Waals surface area contributed by atoms with Gasteiger partial charge in [0, 0.05) is 47.6 Å². The fourth-order valence-corrected chi connectivity index (χ4v) is 6.34. The Kier molecular flexibility index (Phi) is 5.11. The summed E-state index contributed by atoms with van der Waals surface area (Å²) in [6.45, 7) is 3.18. The predicted octanol–water partition coefficient (Wildman–Crippen LogP) is 4.64. The largest absolute Gasteiger partial charge is 0.352 e. The first kappa shape index (κ1) is 19.8. The van der Waals surface area contributed by atoms with Crippen molar-refractivity contribution in [3.05, 3.63) is 42.2 Å². The van der Waals surface area contributed by atoms with Crippen molar-refractivity contribution in [1.29, 1.82) is 0 Å². The molecule has 2 unspecified atom stereocenters. The number of thiazole rings is 1. The van der Waals surface area contributed by atoms with E-state index < -0.39 is 0 Å². The van der Waals surface area contributed by atoms with E-state index in [9.17, 15) is 0 Å². The molecule has 2 N–H and O–H groups in total. The quantitative estimate of drug-likeness (QED) is 0.466. The van der Waals surface area contributed by atoms with Gasteiger partial charge in [-0.2, -0.15) is 5.10 Å². The molecule has 1 aromatic carbocycles. The highest BCUT2D eigenvalue weighted by molar-refractivity contribution is 7.17. The second kappa shape index (κ2) is 8.26. The van der Waals surface area contributed by atoms with E-state index >= 15 is 0 Å². The molecule has 4 aromatic rings. The van der Waals surface area contributed by atoms with E-state index in [0.717, 1.165) is 45.0 Å². The van der Waals surface area contributed by atoms with Crippen molar-refractivity contribution in [2.75, 3.05) is 11.4 Å². The molecule has 2 atom stereocenters. The molecule has 3 aromatic heterocycles. The lowest BCUT2D eigenvalue weighted by Gasteiger charge is -2.44. The van der Waals surface area contributed by atoms with Crippen LogP contribution >= 0.6 is 11.3 Å². The summed E-state index contributed by atoms with van der Waals surface area (Å²) in [7, 11) is 0. The van der Waals surface area contributed by atoms with Crippen molar-refractivity contribution in [2.45, 2.75) is 57.2 Å². The van der Waals surface area contributed by atoms with E-state index in [1.165, 1.54) is 32.1 Å². The molecule has 2 bridgehead atoms. The van der Waals surface area contributed by atoms with E-state index in [0.29, 0.717) is 18.1 Å². The van der Waals surface area contributed by atoms with Crippen LogP contribution in [0.2, 0.25) is 0 Å². The first-order chi connectivity index (χ1) is 15.8. The Hall–Kier alpha value is -2.84. The van der Waals surface area contributed by atoms with Crippen molar-refractivity contribution < 1.29 is 0 Å². The number of anilines is 1. The molecule has 2 fully saturated rings. The predicted molar refractivity (Wildman–Crippen MR) is 129 cm³/mol. The average Bonchev–Trinajstić information content (AvgIpc) is 3.52. The summed E-state index contributed by atoms with van der Waals surface area (Å²) in [5.74, 6) is 0.983. The number of hydrogen-bond donors (Lipinski definition) is 2. The van der Waals surface area contributed by atoms with Gasteiger partial charge in [0.05, 0.1) is 27.6 Å². The minimum absolute atomic E-state index is 0.541. The zero-order valence-electron chi connectivity index (χ0n) is 18.2. The summed E-state index contributed by atoms with van der Waals surface area (Å²) < 4.78 is 1.13. The normalized spacial score (nSPS) is 22.8. The fraction of sp³-hybridized carbons (Fsp3) is 0.417. The Balaban J connectivity index is 1.30. The lowest BCUT2D eigenvalue weighted by Crippen LogP contribution is -2.55. The second-order valence-electron chi connectivity index (χ2n) is 8.86. The Morgan fingerprint density at radius 3 is 2.62 bits per heavy atom. The van der Waals surface area contributed by atoms with Crippen molar-refractivity contribution in [2.24, 2.45) is 0 Å². The van der Waals surface area contributed by atoms with Crippen molar-refractivity contribution in [3.8, 4) is 22.4 Å². The summed E-state index contributed by atoms with van der Waals surface area (Å²) in [4.78, 5) is 7.07. The lowest BCUT2D eigenvalue weighted by atomic mass is 9.83. The van der Waals surface area contributed by atoms with Gasteiger partial charge in [-0.15, -0.1) is 21.5 Å². The number of nitrogens with zero attached hydrogens (tertiary/aromatic N) is 5. The van der Waals surface area contributed by atoms with Crippen LogP contribution < -0.4 is 10.2 Å². The molecular formula is C24H27N7S. The fourth-order valence-electron chi connectivity index (χ4n) is 5.50. The van der Waals surface area contributed by atoms with Gasteiger partial charge in [-0.3, -0.25) is 5.10 Å². The zero-order chi connectivity index (χ0) is 21.5. The smallest absolute Gasteiger partial charge is 0.151 e. The Morgan fingerprint density at radius 1 is 1.06 bits per heavy atom. The maximum Gasteiger partial charge on any atom is 0.151 e. The third kappa shape index (κ3) is 3.47. The molecule has 0 radical (unpaired) electrons. The molecule has 8 heteroatoms. The lowest BCUT2D eigenvalue weighted by molar-refractivity contribution is 0.216. The van der Waals surface area contributed by atoms with Crippen LogP contribution in [0, 0.1) is 0 Å². The molecule has 0 spiro atoms. The molecule has 0 saturated carbocycles. The highest BCUT2D eigenvalue weighted by atomic mass is 32.1. The van der Waals surface area contributed by atoms with Crippen LogP contribution in [-0.2, 0) is 0 Å². The molecule has 5 heterocycles. The van der Waals surface area contributed by atoms with E-state index in [-0.39, 0.29) is 0 Å². The number of aromatic amines is 1. The summed E-state index contributed by atoms with van der Waals surface area (Å²) in [6, 6.07) is 10.3. The van der Waals surface area contributed by atoms with Crippen LogP contribution in [-0.4, -0.2) is 50.0 Å². The molecule has 0 amide bonds. The second-order valence-corrected chi connectivity index (χ2v) is 9.71. The van der Waals surface area contributed by atoms with Crippen molar-refractivity contribution in [3.63, 3.8) is 0 Å². The van der Waals surface area contributed by atoms with Crippen LogP contribution in [0.1, 0.15) is 39.0 Å². The van der Waals surface area contributed by atoms with Gasteiger partial charge in [0.2, 0.25) is 0 Å². The minimum Gasteiger partial charge on any atom is -0.352 e. The molecule has 32 heavy (non-hydrogen) atoms. The highest BCUT2D eigenvalue weighted by Crippen LogP contribution is 2.37. The summed E-state index contributed by atoms with van der Waals surface area (Å²) in [6.07, 6.45) is 10.1. The molecule has 2 saturated heterocycles. The van der Waals surface area contributed by atoms with Gasteiger partial charge in [-0.1, -0.05) is 18.6 Å². The molecule has 2 aliphatic heterocycles. The molecule has 2 aliphatic rings. The maximum atomic E-state index is 4.68. The van der Waals surface area contributed by atoms with Crippen LogP contribution in [0.15, 0.2) is 42.2 Å². The Morgan fingerprint density at radius 2 is 1.91 bits per heavy atom. The number of H-pyrrole nitrogens is 1. The molecule has 7 nitrogen and oxygen atoms in total. The third-order valence-corrected chi connectivity index (χ3v) is 7.84. The van der Waals surface area contributed by atoms with Crippen LogP contribution in [0.4, 0.5) is 5.82 Å². The van der Waals surface area contributed by atoms with Gasteiger partial charge in [0.25, 0.3) is 0 Å². The Labute approximate surface area is 191 Å². The number of nitrogens with one attached hydrogen (secondary N) is 2. The van der Waals surface area contributed by atoms with Gasteiger partial charge in [-0.05, 0) is 44.7 Å². The van der Waals surface area contributed by atoms with E-state index in [2.05, 4.69) is 66.8 Å². The van der Waals surface area contributed by atoms with E-state index in [1.54, 1.807) is 11.3 Å². The highest BCUT2D eigenvalue weighted by Gasteiger charge is 2.34. The first-order valence-electron chi connectivity index (χ1n) is 11.5. The number of fused-ring (bicyclic) bond motifs is 3. The first-order valence-corrected chi connectivity index (χ1v) is 12.4. The Bertz CT molecular complexity index is 1190. The van der Waals surface area contributed by atoms with Crippen molar-refractivity contribution >= 4 is 27.4 Å². The molecule has 0 aliphatic carbocycles. The number of aromatic nitrogens is 5. The third-order valence-electron chi connectivity index (χ3n) is 6.98. The van der Waals surface area contributed by atoms with Crippen molar-refractivity contribution in [1.82, 2.24) is 30.7 Å². The van der Waals surface area contributed by atoms with E-state index in [4.69, 9.17) is 0 Å².